The van der Waals surface area contributed by atoms with Crippen molar-refractivity contribution in [3.05, 3.63) is 35.4 Å². The van der Waals surface area contributed by atoms with Crippen molar-refractivity contribution in [1.29, 1.82) is 0 Å². The van der Waals surface area contributed by atoms with E-state index < -0.39 is 11.9 Å². The highest BCUT2D eigenvalue weighted by Gasteiger charge is 2.09. The first-order chi connectivity index (χ1) is 6.63. The zero-order chi connectivity index (χ0) is 10.6. The predicted octanol–water partition coefficient (Wildman–Crippen LogP) is -0.500. The van der Waals surface area contributed by atoms with Gasteiger partial charge < -0.3 is 17.2 Å². The van der Waals surface area contributed by atoms with Gasteiger partial charge in [-0.15, -0.1) is 0 Å². The lowest BCUT2D eigenvalue weighted by molar-refractivity contribution is -0.119. The van der Waals surface area contributed by atoms with Crippen molar-refractivity contribution in [2.75, 3.05) is 0 Å². The average Bonchev–Trinajstić information content (AvgIpc) is 2.18. The summed E-state index contributed by atoms with van der Waals surface area (Å²) in [6.45, 7) is 0.486. The molecule has 76 valence electrons. The summed E-state index contributed by atoms with van der Waals surface area (Å²) in [5.41, 5.74) is 18.1. The second kappa shape index (κ2) is 4.74. The van der Waals surface area contributed by atoms with Crippen LogP contribution in [0.2, 0.25) is 0 Å². The number of hydrogen-bond acceptors (Lipinski definition) is 3. The molecule has 0 aliphatic heterocycles. The number of hydrogen-bond donors (Lipinski definition) is 3. The van der Waals surface area contributed by atoms with E-state index >= 15 is 0 Å². The molecule has 0 fully saturated rings. The van der Waals surface area contributed by atoms with Crippen LogP contribution in [0, 0.1) is 0 Å². The molecule has 14 heavy (non-hydrogen) atoms. The van der Waals surface area contributed by atoms with Gasteiger partial charge in [0.25, 0.3) is 0 Å². The van der Waals surface area contributed by atoms with Gasteiger partial charge in [0, 0.05) is 6.54 Å². The van der Waals surface area contributed by atoms with Gasteiger partial charge in [0.15, 0.2) is 0 Å². The largest absolute Gasteiger partial charge is 0.368 e. The summed E-state index contributed by atoms with van der Waals surface area (Å²) in [6.07, 6.45) is 0.461. The highest BCUT2D eigenvalue weighted by molar-refractivity contribution is 5.79. The fourth-order valence-corrected chi connectivity index (χ4v) is 1.24. The molecule has 4 nitrogen and oxygen atoms in total. The van der Waals surface area contributed by atoms with E-state index in [-0.39, 0.29) is 0 Å². The third-order valence-corrected chi connectivity index (χ3v) is 2.05. The highest BCUT2D eigenvalue weighted by atomic mass is 16.1. The number of primary amides is 1. The van der Waals surface area contributed by atoms with E-state index in [1.807, 2.05) is 24.3 Å². The van der Waals surface area contributed by atoms with E-state index in [0.29, 0.717) is 13.0 Å². The molecule has 0 aliphatic carbocycles. The standard InChI is InChI=1S/C10H15N3O/c11-6-8-3-1-2-7(4-8)5-9(12)10(13)14/h1-4,9H,5-6,11-12H2,(H2,13,14). The Morgan fingerprint density at radius 2 is 2.00 bits per heavy atom. The maximum absolute atomic E-state index is 10.7. The molecule has 1 atom stereocenters. The number of amides is 1. The second-order valence-corrected chi connectivity index (χ2v) is 3.24. The maximum Gasteiger partial charge on any atom is 0.234 e. The summed E-state index contributed by atoms with van der Waals surface area (Å²) < 4.78 is 0. The molecule has 0 saturated carbocycles. The minimum absolute atomic E-state index is 0.461. The van der Waals surface area contributed by atoms with E-state index in [1.165, 1.54) is 0 Å². The van der Waals surface area contributed by atoms with Gasteiger partial charge in [-0.3, -0.25) is 4.79 Å². The summed E-state index contributed by atoms with van der Waals surface area (Å²) in [4.78, 5) is 10.7. The first-order valence-electron chi connectivity index (χ1n) is 4.46. The Morgan fingerprint density at radius 3 is 2.57 bits per heavy atom. The van der Waals surface area contributed by atoms with Crippen molar-refractivity contribution in [2.45, 2.75) is 19.0 Å². The maximum atomic E-state index is 10.7. The quantitative estimate of drug-likeness (QED) is 0.601. The fourth-order valence-electron chi connectivity index (χ4n) is 1.24. The van der Waals surface area contributed by atoms with Crippen molar-refractivity contribution in [3.63, 3.8) is 0 Å². The van der Waals surface area contributed by atoms with Gasteiger partial charge in [-0.25, -0.2) is 0 Å². The van der Waals surface area contributed by atoms with Gasteiger partial charge in [0.2, 0.25) is 5.91 Å². The topological polar surface area (TPSA) is 95.1 Å². The molecular formula is C10H15N3O. The Bertz CT molecular complexity index is 325. The van der Waals surface area contributed by atoms with Gasteiger partial charge in [-0.1, -0.05) is 24.3 Å². The van der Waals surface area contributed by atoms with E-state index in [0.717, 1.165) is 11.1 Å². The van der Waals surface area contributed by atoms with Crippen LogP contribution in [0.3, 0.4) is 0 Å². The van der Waals surface area contributed by atoms with Crippen LogP contribution in [0.15, 0.2) is 24.3 Å². The highest BCUT2D eigenvalue weighted by Crippen LogP contribution is 2.06. The molecule has 0 aromatic heterocycles. The Balaban J connectivity index is 2.71. The van der Waals surface area contributed by atoms with Crippen molar-refractivity contribution in [1.82, 2.24) is 0 Å². The van der Waals surface area contributed by atoms with Crippen LogP contribution < -0.4 is 17.2 Å². The lowest BCUT2D eigenvalue weighted by atomic mass is 10.0. The molecule has 0 heterocycles. The molecule has 0 spiro atoms. The molecule has 1 rings (SSSR count). The Morgan fingerprint density at radius 1 is 1.36 bits per heavy atom. The summed E-state index contributed by atoms with van der Waals surface area (Å²) in [7, 11) is 0. The third-order valence-electron chi connectivity index (χ3n) is 2.05. The fraction of sp³-hybridized carbons (Fsp3) is 0.300. The molecule has 1 aromatic carbocycles. The van der Waals surface area contributed by atoms with Crippen LogP contribution in [0.4, 0.5) is 0 Å². The minimum Gasteiger partial charge on any atom is -0.368 e. The van der Waals surface area contributed by atoms with Crippen molar-refractivity contribution in [3.8, 4) is 0 Å². The lowest BCUT2D eigenvalue weighted by Crippen LogP contribution is -2.38. The Hall–Kier alpha value is -1.39. The number of nitrogens with two attached hydrogens (primary N) is 3. The molecule has 6 N–H and O–H groups in total. The Labute approximate surface area is 83.1 Å². The van der Waals surface area contributed by atoms with Crippen molar-refractivity contribution < 1.29 is 4.79 Å². The normalized spacial score (nSPS) is 12.4. The van der Waals surface area contributed by atoms with Crippen molar-refractivity contribution in [2.24, 2.45) is 17.2 Å². The predicted molar refractivity (Wildman–Crippen MR) is 55.2 cm³/mol. The van der Waals surface area contributed by atoms with Crippen LogP contribution in [-0.2, 0) is 17.8 Å². The molecular weight excluding hydrogens is 178 g/mol. The van der Waals surface area contributed by atoms with Crippen LogP contribution in [-0.4, -0.2) is 11.9 Å². The number of benzene rings is 1. The first-order valence-corrected chi connectivity index (χ1v) is 4.46. The summed E-state index contributed by atoms with van der Waals surface area (Å²) >= 11 is 0. The molecule has 1 unspecified atom stereocenters. The zero-order valence-electron chi connectivity index (χ0n) is 7.94. The van der Waals surface area contributed by atoms with Crippen LogP contribution in [0.25, 0.3) is 0 Å². The smallest absolute Gasteiger partial charge is 0.234 e. The van der Waals surface area contributed by atoms with Gasteiger partial charge in [0.1, 0.15) is 0 Å². The third kappa shape index (κ3) is 2.83. The molecule has 0 radical (unpaired) electrons. The molecule has 0 bridgehead atoms. The van der Waals surface area contributed by atoms with Crippen LogP contribution in [0.5, 0.6) is 0 Å². The van der Waals surface area contributed by atoms with Gasteiger partial charge >= 0.3 is 0 Å². The number of carbonyl (C=O) groups excluding carboxylic acids is 1. The SMILES string of the molecule is NCc1cccc(CC(N)C(N)=O)c1. The van der Waals surface area contributed by atoms with Crippen LogP contribution in [0.1, 0.15) is 11.1 Å². The molecule has 4 heteroatoms. The molecule has 0 aliphatic rings. The first kappa shape index (κ1) is 10.7. The van der Waals surface area contributed by atoms with Crippen LogP contribution >= 0.6 is 0 Å². The van der Waals surface area contributed by atoms with E-state index in [4.69, 9.17) is 17.2 Å². The zero-order valence-corrected chi connectivity index (χ0v) is 7.94. The van der Waals surface area contributed by atoms with Gasteiger partial charge in [-0.05, 0) is 17.5 Å². The molecule has 0 saturated heterocycles. The minimum atomic E-state index is -0.622. The van der Waals surface area contributed by atoms with E-state index in [2.05, 4.69) is 0 Å². The Kier molecular flexibility index (Phi) is 3.62. The average molecular weight is 193 g/mol. The number of rotatable bonds is 4. The monoisotopic (exact) mass is 193 g/mol. The number of carbonyl (C=O) groups is 1. The summed E-state index contributed by atoms with van der Waals surface area (Å²) in [5.74, 6) is -0.483. The van der Waals surface area contributed by atoms with E-state index in [9.17, 15) is 4.79 Å². The molecule has 1 amide bonds. The molecule has 1 aromatic rings. The summed E-state index contributed by atoms with van der Waals surface area (Å²) in [5, 5.41) is 0. The lowest BCUT2D eigenvalue weighted by Gasteiger charge is -2.08. The second-order valence-electron chi connectivity index (χ2n) is 3.24. The summed E-state index contributed by atoms with van der Waals surface area (Å²) in [6, 6.07) is 7.04. The van der Waals surface area contributed by atoms with E-state index in [1.54, 1.807) is 0 Å². The van der Waals surface area contributed by atoms with Gasteiger partial charge in [-0.2, -0.15) is 0 Å². The van der Waals surface area contributed by atoms with Gasteiger partial charge in [0.05, 0.1) is 6.04 Å². The van der Waals surface area contributed by atoms with Crippen molar-refractivity contribution >= 4 is 5.91 Å².